The summed E-state index contributed by atoms with van der Waals surface area (Å²) in [5.74, 6) is -1.14. The molecular formula is C10H12N2O3S. The topological polar surface area (TPSA) is 70.5 Å². The first kappa shape index (κ1) is 11.1. The maximum absolute atomic E-state index is 12.1. The zero-order valence-corrected chi connectivity index (χ0v) is 9.66. The summed E-state index contributed by atoms with van der Waals surface area (Å²) < 4.78 is 4.03. The van der Waals surface area contributed by atoms with Gasteiger partial charge >= 0.3 is 5.97 Å². The number of aryl methyl sites for hydroxylation is 1. The first-order chi connectivity index (χ1) is 7.61. The summed E-state index contributed by atoms with van der Waals surface area (Å²) >= 11 is 1.22. The molecule has 1 aliphatic heterocycles. The fourth-order valence-corrected chi connectivity index (χ4v) is 2.60. The Hall–Kier alpha value is -1.43. The lowest BCUT2D eigenvalue weighted by Gasteiger charge is -2.20. The van der Waals surface area contributed by atoms with E-state index in [2.05, 4.69) is 4.37 Å². The van der Waals surface area contributed by atoms with E-state index in [1.165, 1.54) is 16.4 Å². The summed E-state index contributed by atoms with van der Waals surface area (Å²) in [7, 11) is 0. The molecule has 16 heavy (non-hydrogen) atoms. The van der Waals surface area contributed by atoms with Crippen LogP contribution < -0.4 is 0 Å². The van der Waals surface area contributed by atoms with E-state index in [9.17, 15) is 9.59 Å². The Bertz CT molecular complexity index is 429. The second-order valence-corrected chi connectivity index (χ2v) is 4.44. The van der Waals surface area contributed by atoms with Crippen LogP contribution in [0.3, 0.4) is 0 Å². The minimum absolute atomic E-state index is 0.212. The molecule has 0 unspecified atom stereocenters. The second kappa shape index (κ2) is 4.21. The van der Waals surface area contributed by atoms with Gasteiger partial charge in [-0.3, -0.25) is 4.79 Å². The van der Waals surface area contributed by atoms with Gasteiger partial charge in [0.15, 0.2) is 0 Å². The van der Waals surface area contributed by atoms with Gasteiger partial charge in [-0.15, -0.1) is 0 Å². The molecule has 1 fully saturated rings. The number of aromatic nitrogens is 1. The van der Waals surface area contributed by atoms with Gasteiger partial charge in [-0.05, 0) is 31.3 Å². The normalized spacial score (nSPS) is 20.1. The molecule has 1 aromatic heterocycles. The van der Waals surface area contributed by atoms with Crippen molar-refractivity contribution in [3.8, 4) is 0 Å². The van der Waals surface area contributed by atoms with Crippen LogP contribution in [0, 0.1) is 6.92 Å². The average Bonchev–Trinajstić information content (AvgIpc) is 2.84. The van der Waals surface area contributed by atoms with Gasteiger partial charge in [-0.1, -0.05) is 0 Å². The third-order valence-electron chi connectivity index (χ3n) is 2.78. The van der Waals surface area contributed by atoms with Crippen LogP contribution in [0.4, 0.5) is 0 Å². The summed E-state index contributed by atoms with van der Waals surface area (Å²) in [5.41, 5.74) is 1.20. The lowest BCUT2D eigenvalue weighted by atomic mass is 10.2. The maximum atomic E-state index is 12.1. The van der Waals surface area contributed by atoms with Crippen LogP contribution in [0.15, 0.2) is 5.38 Å². The first-order valence-electron chi connectivity index (χ1n) is 5.06. The number of amides is 1. The maximum Gasteiger partial charge on any atom is 0.326 e. The number of carboxylic acid groups (broad SMARTS) is 1. The van der Waals surface area contributed by atoms with E-state index < -0.39 is 12.0 Å². The van der Waals surface area contributed by atoms with E-state index in [1.807, 2.05) is 0 Å². The van der Waals surface area contributed by atoms with Gasteiger partial charge in [-0.2, -0.15) is 4.37 Å². The highest BCUT2D eigenvalue weighted by molar-refractivity contribution is 7.03. The van der Waals surface area contributed by atoms with Crippen LogP contribution in [-0.2, 0) is 4.79 Å². The summed E-state index contributed by atoms with van der Waals surface area (Å²) in [6.45, 7) is 2.28. The Labute approximate surface area is 96.9 Å². The summed E-state index contributed by atoms with van der Waals surface area (Å²) in [4.78, 5) is 24.5. The molecule has 1 saturated heterocycles. The number of hydrogen-bond acceptors (Lipinski definition) is 4. The molecule has 1 atom stereocenters. The van der Waals surface area contributed by atoms with Gasteiger partial charge in [0.1, 0.15) is 6.04 Å². The van der Waals surface area contributed by atoms with Crippen molar-refractivity contribution in [2.45, 2.75) is 25.8 Å². The first-order valence-corrected chi connectivity index (χ1v) is 5.89. The fraction of sp³-hybridized carbons (Fsp3) is 0.500. The molecule has 0 saturated carbocycles. The molecule has 0 spiro atoms. The monoisotopic (exact) mass is 240 g/mol. The zero-order valence-electron chi connectivity index (χ0n) is 8.84. The fourth-order valence-electron chi connectivity index (χ4n) is 1.92. The number of hydrogen-bond donors (Lipinski definition) is 1. The highest BCUT2D eigenvalue weighted by atomic mass is 32.1. The number of likely N-dealkylation sites (tertiary alicyclic amines) is 1. The van der Waals surface area contributed by atoms with E-state index >= 15 is 0 Å². The van der Waals surface area contributed by atoms with Crippen LogP contribution in [0.5, 0.6) is 0 Å². The molecule has 1 N–H and O–H groups in total. The third kappa shape index (κ3) is 1.80. The molecule has 0 aliphatic carbocycles. The summed E-state index contributed by atoms with van der Waals surface area (Å²) in [6.07, 6.45) is 1.29. The molecular weight excluding hydrogens is 228 g/mol. The van der Waals surface area contributed by atoms with Gasteiger partial charge in [0.25, 0.3) is 5.91 Å². The quantitative estimate of drug-likeness (QED) is 0.841. The van der Waals surface area contributed by atoms with Crippen molar-refractivity contribution >= 4 is 23.4 Å². The minimum atomic E-state index is -0.924. The largest absolute Gasteiger partial charge is 0.480 e. The van der Waals surface area contributed by atoms with Crippen molar-refractivity contribution < 1.29 is 14.7 Å². The Kier molecular flexibility index (Phi) is 2.91. The molecule has 5 nitrogen and oxygen atoms in total. The number of nitrogens with zero attached hydrogens (tertiary/aromatic N) is 2. The predicted molar refractivity (Wildman–Crippen MR) is 58.5 cm³/mol. The molecule has 0 bridgehead atoms. The third-order valence-corrected chi connectivity index (χ3v) is 3.50. The van der Waals surface area contributed by atoms with Crippen molar-refractivity contribution in [3.05, 3.63) is 16.6 Å². The van der Waals surface area contributed by atoms with Gasteiger partial charge in [0.2, 0.25) is 0 Å². The van der Waals surface area contributed by atoms with Crippen molar-refractivity contribution in [1.82, 2.24) is 9.27 Å². The van der Waals surface area contributed by atoms with E-state index in [4.69, 9.17) is 5.11 Å². The van der Waals surface area contributed by atoms with E-state index in [0.717, 1.165) is 6.42 Å². The summed E-state index contributed by atoms with van der Waals surface area (Å²) in [5, 5.41) is 10.7. The van der Waals surface area contributed by atoms with Crippen molar-refractivity contribution in [2.24, 2.45) is 0 Å². The lowest BCUT2D eigenvalue weighted by Crippen LogP contribution is -2.40. The molecule has 6 heteroatoms. The summed E-state index contributed by atoms with van der Waals surface area (Å²) in [6, 6.07) is -0.674. The highest BCUT2D eigenvalue weighted by Gasteiger charge is 2.35. The van der Waals surface area contributed by atoms with Crippen LogP contribution in [0.25, 0.3) is 0 Å². The van der Waals surface area contributed by atoms with Gasteiger partial charge in [-0.25, -0.2) is 4.79 Å². The Morgan fingerprint density at radius 2 is 2.38 bits per heavy atom. The van der Waals surface area contributed by atoms with Crippen LogP contribution in [0.1, 0.15) is 28.9 Å². The molecule has 2 rings (SSSR count). The smallest absolute Gasteiger partial charge is 0.326 e. The van der Waals surface area contributed by atoms with E-state index in [0.29, 0.717) is 24.2 Å². The molecule has 2 heterocycles. The predicted octanol–water partition coefficient (Wildman–Crippen LogP) is 1.14. The van der Waals surface area contributed by atoms with E-state index in [1.54, 1.807) is 12.3 Å². The molecule has 1 aliphatic rings. The SMILES string of the molecule is Cc1nscc1C(=O)N1CCC[C@H]1C(=O)O. The van der Waals surface area contributed by atoms with Crippen molar-refractivity contribution in [3.63, 3.8) is 0 Å². The highest BCUT2D eigenvalue weighted by Crippen LogP contribution is 2.22. The molecule has 0 radical (unpaired) electrons. The average molecular weight is 240 g/mol. The lowest BCUT2D eigenvalue weighted by molar-refractivity contribution is -0.141. The van der Waals surface area contributed by atoms with Crippen molar-refractivity contribution in [2.75, 3.05) is 6.54 Å². The van der Waals surface area contributed by atoms with Crippen molar-refractivity contribution in [1.29, 1.82) is 0 Å². The number of rotatable bonds is 2. The molecule has 1 aromatic rings. The Morgan fingerprint density at radius 1 is 1.62 bits per heavy atom. The number of carbonyl (C=O) groups is 2. The Balaban J connectivity index is 2.22. The van der Waals surface area contributed by atoms with Crippen LogP contribution in [0.2, 0.25) is 0 Å². The van der Waals surface area contributed by atoms with Crippen LogP contribution >= 0.6 is 11.5 Å². The standard InChI is InChI=1S/C10H12N2O3S/c1-6-7(5-16-11-6)9(13)12-4-2-3-8(12)10(14)15/h5,8H,2-4H2,1H3,(H,14,15)/t8-/m0/s1. The second-order valence-electron chi connectivity index (χ2n) is 3.81. The van der Waals surface area contributed by atoms with Gasteiger partial charge < -0.3 is 10.0 Å². The number of carbonyl (C=O) groups excluding carboxylic acids is 1. The van der Waals surface area contributed by atoms with Gasteiger partial charge in [0, 0.05) is 11.9 Å². The zero-order chi connectivity index (χ0) is 11.7. The molecule has 1 amide bonds. The van der Waals surface area contributed by atoms with Gasteiger partial charge in [0.05, 0.1) is 11.3 Å². The molecule has 86 valence electrons. The number of aliphatic carboxylic acids is 1. The minimum Gasteiger partial charge on any atom is -0.480 e. The Morgan fingerprint density at radius 3 is 2.94 bits per heavy atom. The molecule has 0 aromatic carbocycles. The van der Waals surface area contributed by atoms with E-state index in [-0.39, 0.29) is 5.91 Å². The number of carboxylic acids is 1. The van der Waals surface area contributed by atoms with Crippen LogP contribution in [-0.4, -0.2) is 38.8 Å².